The smallest absolute Gasteiger partial charge is 0.308 e. The van der Waals surface area contributed by atoms with Gasteiger partial charge in [0.15, 0.2) is 11.3 Å². The maximum absolute atomic E-state index is 13.7. The van der Waals surface area contributed by atoms with E-state index in [0.717, 1.165) is 18.2 Å². The van der Waals surface area contributed by atoms with E-state index in [0.29, 0.717) is 16.7 Å². The van der Waals surface area contributed by atoms with Crippen molar-refractivity contribution < 1.29 is 18.3 Å². The molecule has 0 N–H and O–H groups in total. The van der Waals surface area contributed by atoms with Gasteiger partial charge in [0.05, 0.1) is 0 Å². The molecule has 0 spiro atoms. The van der Waals surface area contributed by atoms with Gasteiger partial charge in [-0.3, -0.25) is 4.79 Å². The van der Waals surface area contributed by atoms with Crippen LogP contribution in [0.5, 0.6) is 5.75 Å². The van der Waals surface area contributed by atoms with Crippen molar-refractivity contribution in [3.63, 3.8) is 0 Å². The van der Waals surface area contributed by atoms with E-state index in [1.807, 2.05) is 38.4 Å². The molecule has 1 heterocycles. The average Bonchev–Trinajstić information content (AvgIpc) is 2.90. The van der Waals surface area contributed by atoms with Gasteiger partial charge in [0, 0.05) is 30.5 Å². The van der Waals surface area contributed by atoms with Crippen molar-refractivity contribution in [1.29, 1.82) is 0 Å². The minimum absolute atomic E-state index is 0.0907. The number of halogens is 1. The lowest BCUT2D eigenvalue weighted by atomic mass is 10.1. The van der Waals surface area contributed by atoms with E-state index < -0.39 is 11.8 Å². The van der Waals surface area contributed by atoms with Gasteiger partial charge in [-0.15, -0.1) is 0 Å². The number of benzene rings is 2. The fourth-order valence-electron chi connectivity index (χ4n) is 2.60. The third kappa shape index (κ3) is 3.46. The van der Waals surface area contributed by atoms with Gasteiger partial charge < -0.3 is 14.1 Å². The molecule has 0 saturated carbocycles. The van der Waals surface area contributed by atoms with Crippen molar-refractivity contribution in [1.82, 2.24) is 4.90 Å². The van der Waals surface area contributed by atoms with E-state index in [1.165, 1.54) is 18.6 Å². The Kier molecular flexibility index (Phi) is 4.36. The molecule has 0 unspecified atom stereocenters. The van der Waals surface area contributed by atoms with Crippen LogP contribution in [0.25, 0.3) is 22.3 Å². The predicted molar refractivity (Wildman–Crippen MR) is 90.3 cm³/mol. The van der Waals surface area contributed by atoms with E-state index in [9.17, 15) is 9.18 Å². The van der Waals surface area contributed by atoms with E-state index in [1.54, 1.807) is 6.07 Å². The first kappa shape index (κ1) is 16.2. The third-order valence-corrected chi connectivity index (χ3v) is 3.54. The van der Waals surface area contributed by atoms with Crippen molar-refractivity contribution >= 4 is 16.9 Å². The van der Waals surface area contributed by atoms with Crippen LogP contribution in [-0.4, -0.2) is 25.0 Å². The number of carbonyl (C=O) groups excluding carboxylic acids is 1. The molecule has 3 aromatic rings. The first-order chi connectivity index (χ1) is 11.4. The van der Waals surface area contributed by atoms with Crippen LogP contribution in [-0.2, 0) is 11.3 Å². The summed E-state index contributed by atoms with van der Waals surface area (Å²) in [6.45, 7) is 2.12. The summed E-state index contributed by atoms with van der Waals surface area (Å²) >= 11 is 0. The molecule has 5 heteroatoms. The highest BCUT2D eigenvalue weighted by molar-refractivity contribution is 5.89. The molecule has 2 aromatic carbocycles. The zero-order valence-corrected chi connectivity index (χ0v) is 13.8. The molecule has 0 fully saturated rings. The lowest BCUT2D eigenvalue weighted by Gasteiger charge is -2.09. The van der Waals surface area contributed by atoms with Gasteiger partial charge in [-0.2, -0.15) is 0 Å². The summed E-state index contributed by atoms with van der Waals surface area (Å²) in [4.78, 5) is 13.3. The molecule has 1 aromatic heterocycles. The van der Waals surface area contributed by atoms with Crippen molar-refractivity contribution in [2.75, 3.05) is 14.1 Å². The molecular weight excluding hydrogens is 309 g/mol. The SMILES string of the molecule is CC(=O)Oc1cc(F)cc2cc(-c3ccc(CN(C)C)cc3)oc12. The lowest BCUT2D eigenvalue weighted by Crippen LogP contribution is -2.10. The number of esters is 1. The van der Waals surface area contributed by atoms with Gasteiger partial charge >= 0.3 is 5.97 Å². The normalized spacial score (nSPS) is 11.2. The number of carbonyl (C=O) groups is 1. The maximum Gasteiger partial charge on any atom is 0.308 e. The topological polar surface area (TPSA) is 42.7 Å². The van der Waals surface area contributed by atoms with E-state index in [2.05, 4.69) is 4.90 Å². The van der Waals surface area contributed by atoms with Gasteiger partial charge in [-0.1, -0.05) is 24.3 Å². The Balaban J connectivity index is 1.99. The number of nitrogens with zero attached hydrogens (tertiary/aromatic N) is 1. The molecule has 3 rings (SSSR count). The van der Waals surface area contributed by atoms with Crippen LogP contribution in [0.3, 0.4) is 0 Å². The van der Waals surface area contributed by atoms with Crippen LogP contribution < -0.4 is 4.74 Å². The van der Waals surface area contributed by atoms with Crippen LogP contribution in [0.4, 0.5) is 4.39 Å². The summed E-state index contributed by atoms with van der Waals surface area (Å²) < 4.78 is 24.5. The predicted octanol–water partition coefficient (Wildman–Crippen LogP) is 4.23. The Morgan fingerprint density at radius 2 is 1.88 bits per heavy atom. The molecule has 0 atom stereocenters. The van der Waals surface area contributed by atoms with Gasteiger partial charge in [0.1, 0.15) is 11.6 Å². The molecule has 4 nitrogen and oxygen atoms in total. The van der Waals surface area contributed by atoms with Crippen LogP contribution >= 0.6 is 0 Å². The quantitative estimate of drug-likeness (QED) is 0.531. The van der Waals surface area contributed by atoms with E-state index >= 15 is 0 Å². The van der Waals surface area contributed by atoms with E-state index in [4.69, 9.17) is 9.15 Å². The lowest BCUT2D eigenvalue weighted by molar-refractivity contribution is -0.131. The summed E-state index contributed by atoms with van der Waals surface area (Å²) in [6.07, 6.45) is 0. The summed E-state index contributed by atoms with van der Waals surface area (Å²) in [6, 6.07) is 12.2. The maximum atomic E-state index is 13.7. The summed E-state index contributed by atoms with van der Waals surface area (Å²) in [5, 5.41) is 0.554. The second kappa shape index (κ2) is 6.45. The zero-order valence-electron chi connectivity index (χ0n) is 13.8. The molecule has 0 bridgehead atoms. The molecule has 0 radical (unpaired) electrons. The number of rotatable bonds is 4. The third-order valence-electron chi connectivity index (χ3n) is 3.54. The number of hydrogen-bond donors (Lipinski definition) is 0. The first-order valence-electron chi connectivity index (χ1n) is 7.58. The molecule has 0 aliphatic heterocycles. The van der Waals surface area contributed by atoms with Gasteiger partial charge in [0.25, 0.3) is 0 Å². The molecule has 0 saturated heterocycles. The fraction of sp³-hybridized carbons (Fsp3) is 0.211. The Hall–Kier alpha value is -2.66. The largest absolute Gasteiger partial charge is 0.452 e. The molecule has 0 amide bonds. The number of ether oxygens (including phenoxy) is 1. The summed E-state index contributed by atoms with van der Waals surface area (Å²) in [5.74, 6) is -0.311. The van der Waals surface area contributed by atoms with Crippen LogP contribution in [0.1, 0.15) is 12.5 Å². The number of hydrogen-bond acceptors (Lipinski definition) is 4. The standard InChI is InChI=1S/C19H18FNO3/c1-12(22)23-18-10-16(20)8-15-9-17(24-19(15)18)14-6-4-13(5-7-14)11-21(2)3/h4-10H,11H2,1-3H3. The van der Waals surface area contributed by atoms with Gasteiger partial charge in [-0.25, -0.2) is 4.39 Å². The van der Waals surface area contributed by atoms with Crippen molar-refractivity contribution in [2.45, 2.75) is 13.5 Å². The number of furan rings is 1. The Labute approximate surface area is 139 Å². The second-order valence-electron chi connectivity index (χ2n) is 5.96. The second-order valence-corrected chi connectivity index (χ2v) is 5.96. The summed E-state index contributed by atoms with van der Waals surface area (Å²) in [5.41, 5.74) is 2.42. The Morgan fingerprint density at radius 3 is 2.50 bits per heavy atom. The van der Waals surface area contributed by atoms with Crippen LogP contribution in [0.15, 0.2) is 46.9 Å². The van der Waals surface area contributed by atoms with Crippen LogP contribution in [0, 0.1) is 5.82 Å². The highest BCUT2D eigenvalue weighted by Gasteiger charge is 2.14. The van der Waals surface area contributed by atoms with Crippen molar-refractivity contribution in [3.05, 3.63) is 53.8 Å². The zero-order chi connectivity index (χ0) is 17.3. The Bertz CT molecular complexity index is 882. The highest BCUT2D eigenvalue weighted by atomic mass is 19.1. The highest BCUT2D eigenvalue weighted by Crippen LogP contribution is 2.34. The molecule has 24 heavy (non-hydrogen) atoms. The molecule has 124 valence electrons. The fourth-order valence-corrected chi connectivity index (χ4v) is 2.60. The minimum atomic E-state index is -0.520. The van der Waals surface area contributed by atoms with Crippen molar-refractivity contribution in [3.8, 4) is 17.1 Å². The Morgan fingerprint density at radius 1 is 1.17 bits per heavy atom. The molecular formula is C19H18FNO3. The monoisotopic (exact) mass is 327 g/mol. The first-order valence-corrected chi connectivity index (χ1v) is 7.58. The van der Waals surface area contributed by atoms with Crippen molar-refractivity contribution in [2.24, 2.45) is 0 Å². The number of fused-ring (bicyclic) bond motifs is 1. The molecule has 0 aliphatic rings. The van der Waals surface area contributed by atoms with Gasteiger partial charge in [-0.05, 0) is 31.8 Å². The van der Waals surface area contributed by atoms with E-state index in [-0.39, 0.29) is 5.75 Å². The van der Waals surface area contributed by atoms with Crippen LogP contribution in [0.2, 0.25) is 0 Å². The minimum Gasteiger partial charge on any atom is -0.452 e. The van der Waals surface area contributed by atoms with Gasteiger partial charge in [0.2, 0.25) is 0 Å². The average molecular weight is 327 g/mol. The summed E-state index contributed by atoms with van der Waals surface area (Å²) in [7, 11) is 4.02. The molecule has 0 aliphatic carbocycles.